The average molecular weight is 365 g/mol. The predicted molar refractivity (Wildman–Crippen MR) is 84.8 cm³/mol. The number of carbonyl (C=O) groups is 1. The number of para-hydroxylation sites is 1. The lowest BCUT2D eigenvalue weighted by Gasteiger charge is -2.13. The van der Waals surface area contributed by atoms with Crippen LogP contribution in [0.3, 0.4) is 0 Å². The summed E-state index contributed by atoms with van der Waals surface area (Å²) in [5, 5.41) is 9.86. The summed E-state index contributed by atoms with van der Waals surface area (Å²) in [6.07, 6.45) is 0. The first-order valence-corrected chi connectivity index (χ1v) is 7.27. The Kier molecular flexibility index (Phi) is 5.00. The summed E-state index contributed by atoms with van der Waals surface area (Å²) in [4.78, 5) is 12.7. The van der Waals surface area contributed by atoms with E-state index in [1.165, 1.54) is 7.11 Å². The van der Waals surface area contributed by atoms with Crippen LogP contribution in [0.15, 0.2) is 46.9 Å². The number of halogens is 2. The summed E-state index contributed by atoms with van der Waals surface area (Å²) in [5.41, 5.74) is 0.916. The number of carbonyl (C=O) groups excluding carboxylic acids is 1. The van der Waals surface area contributed by atoms with Crippen LogP contribution in [0.4, 0.5) is 0 Å². The molecule has 0 bridgehead atoms. The summed E-state index contributed by atoms with van der Waals surface area (Å²) < 4.78 is 5.83. The van der Waals surface area contributed by atoms with E-state index in [9.17, 15) is 10.1 Å². The van der Waals surface area contributed by atoms with Crippen LogP contribution >= 0.6 is 27.5 Å². The summed E-state index contributed by atoms with van der Waals surface area (Å²) in [7, 11) is 1.51. The zero-order chi connectivity index (χ0) is 15.4. The lowest BCUT2D eigenvalue weighted by atomic mass is 9.91. The summed E-state index contributed by atoms with van der Waals surface area (Å²) in [5.74, 6) is -0.761. The molecule has 5 heteroatoms. The number of ether oxygens (including phenoxy) is 1. The van der Waals surface area contributed by atoms with Gasteiger partial charge >= 0.3 is 0 Å². The number of methoxy groups -OCH3 is 1. The molecule has 0 N–H and O–H groups in total. The Balaban J connectivity index is 2.49. The second-order valence-corrected chi connectivity index (χ2v) is 5.58. The molecule has 0 saturated heterocycles. The van der Waals surface area contributed by atoms with Gasteiger partial charge < -0.3 is 4.74 Å². The van der Waals surface area contributed by atoms with Gasteiger partial charge in [-0.3, -0.25) is 4.79 Å². The number of rotatable bonds is 4. The lowest BCUT2D eigenvalue weighted by Crippen LogP contribution is -2.13. The van der Waals surface area contributed by atoms with Crippen LogP contribution in [0.5, 0.6) is 5.75 Å². The number of nitriles is 1. The highest BCUT2D eigenvalue weighted by atomic mass is 79.9. The van der Waals surface area contributed by atoms with Crippen LogP contribution in [-0.4, -0.2) is 12.9 Å². The minimum absolute atomic E-state index is 0.323. The van der Waals surface area contributed by atoms with Crippen molar-refractivity contribution in [3.63, 3.8) is 0 Å². The van der Waals surface area contributed by atoms with Crippen LogP contribution < -0.4 is 4.74 Å². The molecule has 0 amide bonds. The average Bonchev–Trinajstić information content (AvgIpc) is 2.50. The molecule has 0 aromatic heterocycles. The third-order valence-electron chi connectivity index (χ3n) is 3.04. The van der Waals surface area contributed by atoms with Crippen molar-refractivity contribution in [3.8, 4) is 11.8 Å². The van der Waals surface area contributed by atoms with Crippen LogP contribution in [0.1, 0.15) is 21.8 Å². The molecule has 0 aliphatic rings. The normalized spacial score (nSPS) is 11.5. The lowest BCUT2D eigenvalue weighted by molar-refractivity contribution is 0.0977. The maximum atomic E-state index is 12.7. The molecule has 21 heavy (non-hydrogen) atoms. The first kappa shape index (κ1) is 15.6. The Morgan fingerprint density at radius 1 is 1.33 bits per heavy atom. The Morgan fingerprint density at radius 3 is 2.71 bits per heavy atom. The Morgan fingerprint density at radius 2 is 2.05 bits per heavy atom. The molecule has 0 spiro atoms. The largest absolute Gasteiger partial charge is 0.496 e. The predicted octanol–water partition coefficient (Wildman–Crippen LogP) is 4.60. The van der Waals surface area contributed by atoms with Crippen molar-refractivity contribution >= 4 is 33.3 Å². The number of hydrogen-bond donors (Lipinski definition) is 0. The van der Waals surface area contributed by atoms with Gasteiger partial charge in [0.25, 0.3) is 0 Å². The number of benzene rings is 2. The molecular formula is C16H11BrClNO2. The van der Waals surface area contributed by atoms with E-state index >= 15 is 0 Å². The van der Waals surface area contributed by atoms with E-state index in [4.69, 9.17) is 16.3 Å². The van der Waals surface area contributed by atoms with Gasteiger partial charge in [0.05, 0.1) is 13.2 Å². The highest BCUT2D eigenvalue weighted by molar-refractivity contribution is 9.10. The van der Waals surface area contributed by atoms with E-state index in [1.807, 2.05) is 6.07 Å². The van der Waals surface area contributed by atoms with Crippen LogP contribution in [0, 0.1) is 11.3 Å². The Bertz CT molecular complexity index is 724. The van der Waals surface area contributed by atoms with Gasteiger partial charge in [0.15, 0.2) is 5.78 Å². The third kappa shape index (κ3) is 3.26. The quantitative estimate of drug-likeness (QED) is 0.745. The number of nitrogens with zero attached hydrogens (tertiary/aromatic N) is 1. The van der Waals surface area contributed by atoms with Crippen LogP contribution in [-0.2, 0) is 0 Å². The molecule has 0 heterocycles. The molecular weight excluding hydrogens is 354 g/mol. The van der Waals surface area contributed by atoms with E-state index in [0.717, 1.165) is 0 Å². The molecule has 0 aliphatic carbocycles. The second-order valence-electron chi connectivity index (χ2n) is 4.29. The number of Topliss-reactive ketones (excluding diaryl/α,β-unsaturated/α-hetero) is 1. The molecule has 1 atom stereocenters. The van der Waals surface area contributed by atoms with Gasteiger partial charge in [0.1, 0.15) is 11.7 Å². The fraction of sp³-hybridized carbons (Fsp3) is 0.125. The first-order chi connectivity index (χ1) is 10.1. The molecule has 2 aromatic rings. The maximum Gasteiger partial charge on any atom is 0.185 e. The van der Waals surface area contributed by atoms with Crippen molar-refractivity contribution < 1.29 is 9.53 Å². The van der Waals surface area contributed by atoms with Gasteiger partial charge in [-0.25, -0.2) is 0 Å². The zero-order valence-electron chi connectivity index (χ0n) is 11.1. The summed E-state index contributed by atoms with van der Waals surface area (Å²) in [6, 6.07) is 13.9. The molecule has 3 nitrogen and oxygen atoms in total. The smallest absolute Gasteiger partial charge is 0.185 e. The summed E-state index contributed by atoms with van der Waals surface area (Å²) >= 11 is 9.25. The minimum atomic E-state index is -0.948. The zero-order valence-corrected chi connectivity index (χ0v) is 13.5. The van der Waals surface area contributed by atoms with Crippen molar-refractivity contribution in [1.29, 1.82) is 5.26 Å². The van der Waals surface area contributed by atoms with Crippen LogP contribution in [0.2, 0.25) is 5.02 Å². The van der Waals surface area contributed by atoms with E-state index in [1.54, 1.807) is 42.5 Å². The van der Waals surface area contributed by atoms with E-state index in [2.05, 4.69) is 15.9 Å². The molecule has 106 valence electrons. The topological polar surface area (TPSA) is 50.1 Å². The molecule has 0 saturated carbocycles. The fourth-order valence-corrected chi connectivity index (χ4v) is 2.63. The Hall–Kier alpha value is -1.83. The van der Waals surface area contributed by atoms with Crippen molar-refractivity contribution in [2.75, 3.05) is 7.11 Å². The fourth-order valence-electron chi connectivity index (χ4n) is 2.02. The second kappa shape index (κ2) is 6.75. The SMILES string of the molecule is COc1ccccc1C(C#N)C(=O)c1cc(Cl)ccc1Br. The molecule has 0 aliphatic heterocycles. The monoisotopic (exact) mass is 363 g/mol. The number of ketones is 1. The highest BCUT2D eigenvalue weighted by Gasteiger charge is 2.26. The van der Waals surface area contributed by atoms with Gasteiger partial charge in [-0.1, -0.05) is 45.7 Å². The highest BCUT2D eigenvalue weighted by Crippen LogP contribution is 2.31. The van der Waals surface area contributed by atoms with Crippen molar-refractivity contribution in [1.82, 2.24) is 0 Å². The standard InChI is InChI=1S/C16H11BrClNO2/c1-21-15-5-3-2-4-11(15)13(9-19)16(20)12-8-10(18)6-7-14(12)17/h2-8,13H,1H3. The molecule has 2 aromatic carbocycles. The van der Waals surface area contributed by atoms with E-state index < -0.39 is 5.92 Å². The molecule has 1 unspecified atom stereocenters. The molecule has 0 fully saturated rings. The van der Waals surface area contributed by atoms with Crippen molar-refractivity contribution in [3.05, 3.63) is 63.1 Å². The van der Waals surface area contributed by atoms with Gasteiger partial charge in [-0.2, -0.15) is 5.26 Å². The van der Waals surface area contributed by atoms with Gasteiger partial charge in [-0.05, 0) is 24.3 Å². The third-order valence-corrected chi connectivity index (χ3v) is 3.96. The Labute approximate surface area is 136 Å². The molecule has 0 radical (unpaired) electrons. The maximum absolute atomic E-state index is 12.7. The van der Waals surface area contributed by atoms with Gasteiger partial charge in [0, 0.05) is 20.6 Å². The van der Waals surface area contributed by atoms with Gasteiger partial charge in [0.2, 0.25) is 0 Å². The van der Waals surface area contributed by atoms with Crippen molar-refractivity contribution in [2.45, 2.75) is 5.92 Å². The minimum Gasteiger partial charge on any atom is -0.496 e. The van der Waals surface area contributed by atoms with Gasteiger partial charge in [-0.15, -0.1) is 0 Å². The van der Waals surface area contributed by atoms with Crippen LogP contribution in [0.25, 0.3) is 0 Å². The number of hydrogen-bond acceptors (Lipinski definition) is 3. The first-order valence-electron chi connectivity index (χ1n) is 6.10. The van der Waals surface area contributed by atoms with E-state index in [0.29, 0.717) is 26.4 Å². The summed E-state index contributed by atoms with van der Waals surface area (Å²) in [6.45, 7) is 0. The van der Waals surface area contributed by atoms with E-state index in [-0.39, 0.29) is 5.78 Å². The van der Waals surface area contributed by atoms with Crippen molar-refractivity contribution in [2.24, 2.45) is 0 Å². The molecule has 2 rings (SSSR count).